The van der Waals surface area contributed by atoms with E-state index in [1.54, 1.807) is 6.33 Å². The summed E-state index contributed by atoms with van der Waals surface area (Å²) in [5.74, 6) is 0.0922. The Bertz CT molecular complexity index is 917. The Morgan fingerprint density at radius 3 is 2.48 bits per heavy atom. The third-order valence-electron chi connectivity index (χ3n) is 4.83. The smallest absolute Gasteiger partial charge is 0.253 e. The summed E-state index contributed by atoms with van der Waals surface area (Å²) in [7, 11) is 0. The van der Waals surface area contributed by atoms with Crippen LogP contribution in [0, 0.1) is 0 Å². The van der Waals surface area contributed by atoms with Gasteiger partial charge in [-0.2, -0.15) is 0 Å². The molecule has 0 aliphatic carbocycles. The summed E-state index contributed by atoms with van der Waals surface area (Å²) in [5.41, 5.74) is 4.76. The van der Waals surface area contributed by atoms with Crippen molar-refractivity contribution in [2.45, 2.75) is 6.54 Å². The Kier molecular flexibility index (Phi) is 6.11. The second-order valence-corrected chi connectivity index (χ2v) is 6.48. The largest absolute Gasteiger partial charge is 0.395 e. The molecule has 7 heteroatoms. The molecule has 0 saturated carbocycles. The van der Waals surface area contributed by atoms with Crippen LogP contribution in [-0.2, 0) is 6.54 Å². The van der Waals surface area contributed by atoms with Crippen molar-refractivity contribution in [2.24, 2.45) is 0 Å². The number of nitrogens with zero attached hydrogens (tertiary/aromatic N) is 3. The minimum atomic E-state index is 0. The molecule has 142 valence electrons. The van der Waals surface area contributed by atoms with Crippen molar-refractivity contribution >= 4 is 29.3 Å². The number of fused-ring (bicyclic) bond motifs is 1. The average Bonchev–Trinajstić information content (AvgIpc) is 3.11. The SMILES string of the molecule is Cl.O=C(c1ccc(-c2ccc3ncn(CCO)c3c2)cc1)N1CCNCC1. The number of aliphatic hydroxyl groups is 1. The molecule has 6 nitrogen and oxygen atoms in total. The van der Waals surface area contributed by atoms with Crippen LogP contribution in [0.25, 0.3) is 22.2 Å². The number of rotatable bonds is 4. The number of aliphatic hydroxyl groups excluding tert-OH is 1. The van der Waals surface area contributed by atoms with E-state index < -0.39 is 0 Å². The molecule has 1 saturated heterocycles. The summed E-state index contributed by atoms with van der Waals surface area (Å²) >= 11 is 0. The van der Waals surface area contributed by atoms with Gasteiger partial charge in [0.05, 0.1) is 24.0 Å². The summed E-state index contributed by atoms with van der Waals surface area (Å²) in [6.45, 7) is 3.82. The molecule has 1 aromatic heterocycles. The number of amides is 1. The normalized spacial score (nSPS) is 14.2. The van der Waals surface area contributed by atoms with Crippen LogP contribution >= 0.6 is 12.4 Å². The van der Waals surface area contributed by atoms with E-state index >= 15 is 0 Å². The van der Waals surface area contributed by atoms with Crippen molar-refractivity contribution in [3.63, 3.8) is 0 Å². The first-order valence-electron chi connectivity index (χ1n) is 8.92. The molecule has 0 spiro atoms. The van der Waals surface area contributed by atoms with E-state index in [1.165, 1.54) is 0 Å². The van der Waals surface area contributed by atoms with Gasteiger partial charge in [0.15, 0.2) is 0 Å². The standard InChI is InChI=1S/C20H22N4O2.ClH/c25-12-11-24-14-22-18-6-5-17(13-19(18)24)15-1-3-16(4-2-15)20(26)23-9-7-21-8-10-23;/h1-6,13-14,21,25H,7-12H2;1H. The maximum absolute atomic E-state index is 12.6. The molecular weight excluding hydrogens is 364 g/mol. The highest BCUT2D eigenvalue weighted by molar-refractivity contribution is 5.95. The number of aromatic nitrogens is 2. The van der Waals surface area contributed by atoms with E-state index in [-0.39, 0.29) is 24.9 Å². The fourth-order valence-electron chi connectivity index (χ4n) is 3.38. The van der Waals surface area contributed by atoms with Crippen LogP contribution < -0.4 is 5.32 Å². The first kappa shape index (κ1) is 19.4. The summed E-state index contributed by atoms with van der Waals surface area (Å²) < 4.78 is 1.95. The van der Waals surface area contributed by atoms with Gasteiger partial charge in [-0.3, -0.25) is 4.79 Å². The molecule has 0 bridgehead atoms. The van der Waals surface area contributed by atoms with Gasteiger partial charge in [-0.1, -0.05) is 18.2 Å². The number of hydrogen-bond acceptors (Lipinski definition) is 4. The zero-order valence-corrected chi connectivity index (χ0v) is 15.8. The van der Waals surface area contributed by atoms with Gasteiger partial charge in [-0.05, 0) is 35.4 Å². The Morgan fingerprint density at radius 1 is 1.07 bits per heavy atom. The zero-order chi connectivity index (χ0) is 17.9. The molecule has 0 atom stereocenters. The molecule has 2 heterocycles. The molecule has 1 aliphatic rings. The molecule has 2 N–H and O–H groups in total. The first-order chi connectivity index (χ1) is 12.8. The molecule has 1 aliphatic heterocycles. The molecule has 3 aromatic rings. The van der Waals surface area contributed by atoms with Crippen LogP contribution in [0.2, 0.25) is 0 Å². The van der Waals surface area contributed by atoms with Crippen LogP contribution in [0.5, 0.6) is 0 Å². The van der Waals surface area contributed by atoms with E-state index in [4.69, 9.17) is 0 Å². The lowest BCUT2D eigenvalue weighted by atomic mass is 10.0. The topological polar surface area (TPSA) is 70.4 Å². The van der Waals surface area contributed by atoms with Crippen molar-refractivity contribution in [3.05, 3.63) is 54.4 Å². The van der Waals surface area contributed by atoms with Crippen LogP contribution in [0.4, 0.5) is 0 Å². The number of piperazine rings is 1. The molecule has 1 fully saturated rings. The predicted molar refractivity (Wildman–Crippen MR) is 108 cm³/mol. The van der Waals surface area contributed by atoms with E-state index in [2.05, 4.69) is 16.4 Å². The number of carbonyl (C=O) groups excluding carboxylic acids is 1. The van der Waals surface area contributed by atoms with Crippen LogP contribution in [0.15, 0.2) is 48.8 Å². The van der Waals surface area contributed by atoms with Gasteiger partial charge in [0.2, 0.25) is 0 Å². The van der Waals surface area contributed by atoms with E-state index in [0.29, 0.717) is 6.54 Å². The first-order valence-corrected chi connectivity index (χ1v) is 8.92. The molecule has 0 unspecified atom stereocenters. The monoisotopic (exact) mass is 386 g/mol. The summed E-state index contributed by atoms with van der Waals surface area (Å²) in [4.78, 5) is 18.8. The molecular formula is C20H23ClN4O2. The average molecular weight is 387 g/mol. The third kappa shape index (κ3) is 3.98. The minimum Gasteiger partial charge on any atom is -0.395 e. The highest BCUT2D eigenvalue weighted by Gasteiger charge is 2.17. The summed E-state index contributed by atoms with van der Waals surface area (Å²) in [5, 5.41) is 12.4. The molecule has 2 aromatic carbocycles. The Hall–Kier alpha value is -2.41. The molecule has 1 amide bonds. The Labute approximate surface area is 164 Å². The van der Waals surface area contributed by atoms with Crippen molar-refractivity contribution < 1.29 is 9.90 Å². The summed E-state index contributed by atoms with van der Waals surface area (Å²) in [6, 6.07) is 13.9. The molecule has 27 heavy (non-hydrogen) atoms. The van der Waals surface area contributed by atoms with Crippen molar-refractivity contribution in [2.75, 3.05) is 32.8 Å². The van der Waals surface area contributed by atoms with E-state index in [0.717, 1.165) is 53.9 Å². The lowest BCUT2D eigenvalue weighted by molar-refractivity contribution is 0.0736. The number of benzene rings is 2. The number of nitrogens with one attached hydrogen (secondary N) is 1. The van der Waals surface area contributed by atoms with E-state index in [9.17, 15) is 9.90 Å². The lowest BCUT2D eigenvalue weighted by Crippen LogP contribution is -2.46. The van der Waals surface area contributed by atoms with Gasteiger partial charge in [0, 0.05) is 38.3 Å². The van der Waals surface area contributed by atoms with E-state index in [1.807, 2.05) is 45.9 Å². The van der Waals surface area contributed by atoms with Crippen LogP contribution in [-0.4, -0.2) is 58.3 Å². The Morgan fingerprint density at radius 2 is 1.78 bits per heavy atom. The highest BCUT2D eigenvalue weighted by atomic mass is 35.5. The van der Waals surface area contributed by atoms with Crippen molar-refractivity contribution in [3.8, 4) is 11.1 Å². The van der Waals surface area contributed by atoms with Crippen LogP contribution in [0.1, 0.15) is 10.4 Å². The maximum Gasteiger partial charge on any atom is 0.253 e. The minimum absolute atomic E-state index is 0. The van der Waals surface area contributed by atoms with Gasteiger partial charge >= 0.3 is 0 Å². The second kappa shape index (κ2) is 8.52. The quantitative estimate of drug-likeness (QED) is 0.721. The van der Waals surface area contributed by atoms with Gasteiger partial charge in [-0.15, -0.1) is 12.4 Å². The van der Waals surface area contributed by atoms with Gasteiger partial charge in [0.1, 0.15) is 0 Å². The van der Waals surface area contributed by atoms with Gasteiger partial charge < -0.3 is 19.9 Å². The number of carbonyl (C=O) groups is 1. The number of imidazole rings is 1. The number of halogens is 1. The van der Waals surface area contributed by atoms with Gasteiger partial charge in [0.25, 0.3) is 5.91 Å². The van der Waals surface area contributed by atoms with Crippen LogP contribution in [0.3, 0.4) is 0 Å². The maximum atomic E-state index is 12.6. The van der Waals surface area contributed by atoms with Gasteiger partial charge in [-0.25, -0.2) is 4.98 Å². The second-order valence-electron chi connectivity index (χ2n) is 6.48. The predicted octanol–water partition coefficient (Wildman–Crippen LogP) is 2.16. The van der Waals surface area contributed by atoms with Crippen molar-refractivity contribution in [1.29, 1.82) is 0 Å². The summed E-state index contributed by atoms with van der Waals surface area (Å²) in [6.07, 6.45) is 1.75. The van der Waals surface area contributed by atoms with Crippen molar-refractivity contribution in [1.82, 2.24) is 19.8 Å². The zero-order valence-electron chi connectivity index (χ0n) is 15.0. The fourth-order valence-corrected chi connectivity index (χ4v) is 3.38. The lowest BCUT2D eigenvalue weighted by Gasteiger charge is -2.27. The Balaban J connectivity index is 0.00000210. The highest BCUT2D eigenvalue weighted by Crippen LogP contribution is 2.24. The fraction of sp³-hybridized carbons (Fsp3) is 0.300. The molecule has 4 rings (SSSR count). The molecule has 0 radical (unpaired) electrons. The number of hydrogen-bond donors (Lipinski definition) is 2. The third-order valence-corrected chi connectivity index (χ3v) is 4.83.